The lowest BCUT2D eigenvalue weighted by molar-refractivity contribution is 0.0599. The Morgan fingerprint density at radius 1 is 1.16 bits per heavy atom. The maximum atomic E-state index is 11.9. The molecule has 98 valence electrons. The Labute approximate surface area is 111 Å². The summed E-state index contributed by atoms with van der Waals surface area (Å²) >= 11 is 0. The maximum Gasteiger partial charge on any atom is 0.339 e. The molecule has 0 saturated heterocycles. The van der Waals surface area contributed by atoms with Crippen LogP contribution in [0.4, 0.5) is 0 Å². The number of hydrogen-bond donors (Lipinski definition) is 0. The molecule has 0 aliphatic heterocycles. The quantitative estimate of drug-likeness (QED) is 0.792. The third-order valence-electron chi connectivity index (χ3n) is 3.06. The van der Waals surface area contributed by atoms with Crippen LogP contribution in [0.25, 0.3) is 0 Å². The molecule has 0 radical (unpaired) electrons. The van der Waals surface area contributed by atoms with Crippen LogP contribution in [0.1, 0.15) is 28.9 Å². The first-order valence-electron chi connectivity index (χ1n) is 5.99. The van der Waals surface area contributed by atoms with E-state index in [1.807, 2.05) is 37.3 Å². The average molecular weight is 257 g/mol. The molecule has 1 aromatic heterocycles. The van der Waals surface area contributed by atoms with Crippen LogP contribution in [0, 0.1) is 0 Å². The van der Waals surface area contributed by atoms with E-state index in [1.165, 1.54) is 30.0 Å². The highest BCUT2D eigenvalue weighted by atomic mass is 16.5. The molecule has 4 heteroatoms. The van der Waals surface area contributed by atoms with E-state index < -0.39 is 5.97 Å². The lowest BCUT2D eigenvalue weighted by atomic mass is 10.1. The molecule has 0 bridgehead atoms. The van der Waals surface area contributed by atoms with Crippen LogP contribution in [0.3, 0.4) is 0 Å². The van der Waals surface area contributed by atoms with Gasteiger partial charge in [0.1, 0.15) is 0 Å². The molecule has 0 saturated carbocycles. The molecule has 2 aromatic rings. The number of esters is 1. The van der Waals surface area contributed by atoms with Crippen molar-refractivity contribution in [3.63, 3.8) is 0 Å². The van der Waals surface area contributed by atoms with Crippen molar-refractivity contribution in [2.24, 2.45) is 0 Å². The highest BCUT2D eigenvalue weighted by Crippen LogP contribution is 2.16. The summed E-state index contributed by atoms with van der Waals surface area (Å²) < 4.78 is 6.19. The Morgan fingerprint density at radius 2 is 1.84 bits per heavy atom. The molecule has 1 aromatic carbocycles. The van der Waals surface area contributed by atoms with Gasteiger partial charge in [0.05, 0.1) is 18.7 Å². The van der Waals surface area contributed by atoms with Crippen molar-refractivity contribution in [1.29, 1.82) is 0 Å². The first kappa shape index (κ1) is 13.1. The fourth-order valence-corrected chi connectivity index (χ4v) is 1.94. The minimum Gasteiger partial charge on any atom is -0.465 e. The molecular weight excluding hydrogens is 242 g/mol. The normalized spacial score (nSPS) is 11.9. The second kappa shape index (κ2) is 5.52. The number of hydrogen-bond acceptors (Lipinski definition) is 3. The molecule has 1 heterocycles. The van der Waals surface area contributed by atoms with Crippen LogP contribution in [-0.4, -0.2) is 17.6 Å². The van der Waals surface area contributed by atoms with Crippen molar-refractivity contribution >= 4 is 5.97 Å². The van der Waals surface area contributed by atoms with Gasteiger partial charge < -0.3 is 9.30 Å². The zero-order chi connectivity index (χ0) is 13.8. The SMILES string of the molecule is COC(=O)c1ccc(=O)n(C(C)c2ccccc2)c1. The molecule has 0 N–H and O–H groups in total. The van der Waals surface area contributed by atoms with Crippen molar-refractivity contribution in [3.8, 4) is 0 Å². The lowest BCUT2D eigenvalue weighted by Gasteiger charge is -2.16. The molecule has 2 rings (SSSR count). The van der Waals surface area contributed by atoms with Crippen LogP contribution < -0.4 is 5.56 Å². The van der Waals surface area contributed by atoms with Crippen molar-refractivity contribution in [3.05, 3.63) is 70.1 Å². The molecule has 4 nitrogen and oxygen atoms in total. The monoisotopic (exact) mass is 257 g/mol. The smallest absolute Gasteiger partial charge is 0.339 e. The number of benzene rings is 1. The predicted molar refractivity (Wildman–Crippen MR) is 72.3 cm³/mol. The zero-order valence-corrected chi connectivity index (χ0v) is 10.9. The van der Waals surface area contributed by atoms with E-state index in [9.17, 15) is 9.59 Å². The summed E-state index contributed by atoms with van der Waals surface area (Å²) in [5, 5.41) is 0. The number of pyridine rings is 1. The summed E-state index contributed by atoms with van der Waals surface area (Å²) in [7, 11) is 1.32. The first-order chi connectivity index (χ1) is 9.13. The van der Waals surface area contributed by atoms with Crippen LogP contribution in [-0.2, 0) is 4.74 Å². The van der Waals surface area contributed by atoms with Crippen LogP contribution in [0.2, 0.25) is 0 Å². The summed E-state index contributed by atoms with van der Waals surface area (Å²) in [4.78, 5) is 23.4. The summed E-state index contributed by atoms with van der Waals surface area (Å²) in [5.74, 6) is -0.450. The van der Waals surface area contributed by atoms with E-state index in [-0.39, 0.29) is 11.6 Å². The minimum atomic E-state index is -0.450. The Kier molecular flexibility index (Phi) is 3.80. The maximum absolute atomic E-state index is 11.9. The fraction of sp³-hybridized carbons (Fsp3) is 0.200. The Balaban J connectivity index is 2.44. The van der Waals surface area contributed by atoms with Crippen LogP contribution >= 0.6 is 0 Å². The molecule has 1 atom stereocenters. The van der Waals surface area contributed by atoms with Crippen LogP contribution in [0.5, 0.6) is 0 Å². The van der Waals surface area contributed by atoms with E-state index in [1.54, 1.807) is 0 Å². The largest absolute Gasteiger partial charge is 0.465 e. The number of methoxy groups -OCH3 is 1. The highest BCUT2D eigenvalue weighted by Gasteiger charge is 2.12. The standard InChI is InChI=1S/C15H15NO3/c1-11(12-6-4-3-5-7-12)16-10-13(15(18)19-2)8-9-14(16)17/h3-11H,1-2H3. The number of ether oxygens (including phenoxy) is 1. The van der Waals surface area contributed by atoms with Gasteiger partial charge in [-0.3, -0.25) is 4.79 Å². The second-order valence-corrected chi connectivity index (χ2v) is 4.24. The van der Waals surface area contributed by atoms with Gasteiger partial charge in [-0.2, -0.15) is 0 Å². The van der Waals surface area contributed by atoms with Gasteiger partial charge in [-0.05, 0) is 18.6 Å². The minimum absolute atomic E-state index is 0.140. The van der Waals surface area contributed by atoms with E-state index in [0.717, 1.165) is 5.56 Å². The van der Waals surface area contributed by atoms with Gasteiger partial charge in [0.25, 0.3) is 5.56 Å². The second-order valence-electron chi connectivity index (χ2n) is 4.24. The van der Waals surface area contributed by atoms with Crippen molar-refractivity contribution in [1.82, 2.24) is 4.57 Å². The van der Waals surface area contributed by atoms with Crippen LogP contribution in [0.15, 0.2) is 53.5 Å². The number of aromatic nitrogens is 1. The fourth-order valence-electron chi connectivity index (χ4n) is 1.94. The first-order valence-corrected chi connectivity index (χ1v) is 5.99. The molecule has 1 unspecified atom stereocenters. The molecule has 0 aliphatic carbocycles. The molecule has 0 amide bonds. The van der Waals surface area contributed by atoms with E-state index >= 15 is 0 Å². The van der Waals surface area contributed by atoms with Gasteiger partial charge in [0.2, 0.25) is 0 Å². The Morgan fingerprint density at radius 3 is 2.47 bits per heavy atom. The average Bonchev–Trinajstić information content (AvgIpc) is 2.47. The summed E-state index contributed by atoms with van der Waals surface area (Å²) in [5.41, 5.74) is 1.22. The third kappa shape index (κ3) is 2.73. The number of rotatable bonds is 3. The number of nitrogens with zero attached hydrogens (tertiary/aromatic N) is 1. The number of carbonyl (C=O) groups excluding carboxylic acids is 1. The van der Waals surface area contributed by atoms with Gasteiger partial charge in [-0.25, -0.2) is 4.79 Å². The van der Waals surface area contributed by atoms with Gasteiger partial charge >= 0.3 is 5.97 Å². The lowest BCUT2D eigenvalue weighted by Crippen LogP contribution is -2.24. The van der Waals surface area contributed by atoms with E-state index in [0.29, 0.717) is 5.56 Å². The molecule has 19 heavy (non-hydrogen) atoms. The molecule has 0 aliphatic rings. The van der Waals surface area contributed by atoms with Gasteiger partial charge in [-0.15, -0.1) is 0 Å². The Bertz CT molecular complexity index is 631. The Hall–Kier alpha value is -2.36. The molecule has 0 fully saturated rings. The van der Waals surface area contributed by atoms with Gasteiger partial charge in [-0.1, -0.05) is 30.3 Å². The molecule has 0 spiro atoms. The van der Waals surface area contributed by atoms with Crippen molar-refractivity contribution in [2.45, 2.75) is 13.0 Å². The van der Waals surface area contributed by atoms with Crippen molar-refractivity contribution < 1.29 is 9.53 Å². The van der Waals surface area contributed by atoms with Gasteiger partial charge in [0, 0.05) is 12.3 Å². The third-order valence-corrected chi connectivity index (χ3v) is 3.06. The molecular formula is C15H15NO3. The predicted octanol–water partition coefficient (Wildman–Crippen LogP) is 2.24. The topological polar surface area (TPSA) is 48.3 Å². The van der Waals surface area contributed by atoms with Gasteiger partial charge in [0.15, 0.2) is 0 Å². The highest BCUT2D eigenvalue weighted by molar-refractivity contribution is 5.88. The summed E-state index contributed by atoms with van der Waals surface area (Å²) in [6.07, 6.45) is 1.53. The summed E-state index contributed by atoms with van der Waals surface area (Å²) in [6, 6.07) is 12.4. The number of carbonyl (C=O) groups is 1. The zero-order valence-electron chi connectivity index (χ0n) is 10.9. The summed E-state index contributed by atoms with van der Waals surface area (Å²) in [6.45, 7) is 1.91. The van der Waals surface area contributed by atoms with E-state index in [2.05, 4.69) is 4.74 Å². The van der Waals surface area contributed by atoms with E-state index in [4.69, 9.17) is 0 Å². The van der Waals surface area contributed by atoms with Crippen molar-refractivity contribution in [2.75, 3.05) is 7.11 Å².